The van der Waals surface area contributed by atoms with Crippen molar-refractivity contribution in [2.75, 3.05) is 0 Å². The number of hydrogen-bond donors (Lipinski definition) is 0. The Kier molecular flexibility index (Phi) is 40.4. The van der Waals surface area contributed by atoms with Crippen LogP contribution in [-0.2, 0) is 29.3 Å². The summed E-state index contributed by atoms with van der Waals surface area (Å²) in [6.45, 7) is 21.1. The van der Waals surface area contributed by atoms with Gasteiger partial charge in [0, 0.05) is 0 Å². The van der Waals surface area contributed by atoms with Gasteiger partial charge in [-0.1, -0.05) is 199 Å². The third-order valence-corrected chi connectivity index (χ3v) is 9.94. The van der Waals surface area contributed by atoms with Crippen LogP contribution in [0.2, 0.25) is 0 Å². The van der Waals surface area contributed by atoms with Crippen LogP contribution in [0.25, 0.3) is 11.1 Å². The van der Waals surface area contributed by atoms with E-state index in [1.54, 1.807) is 0 Å². The summed E-state index contributed by atoms with van der Waals surface area (Å²) >= 11 is 0. The van der Waals surface area contributed by atoms with E-state index in [-0.39, 0.29) is 16.5 Å². The number of benzene rings is 2. The Morgan fingerprint density at radius 2 is 0.926 bits per heavy atom. The van der Waals surface area contributed by atoms with Gasteiger partial charge in [0.05, 0.1) is 5.57 Å². The molecular weight excluding hydrogens is 699 g/mol. The largest absolute Gasteiger partial charge is 2.00 e. The van der Waals surface area contributed by atoms with Gasteiger partial charge in [0.1, 0.15) is 0 Å². The van der Waals surface area contributed by atoms with Gasteiger partial charge in [0.15, 0.2) is 0 Å². The van der Waals surface area contributed by atoms with Crippen molar-refractivity contribution < 1.29 is 21.3 Å². The minimum Gasteiger partial charge on any atom is -0.348 e. The zero-order chi connectivity index (χ0) is 39.2. The van der Waals surface area contributed by atoms with Crippen LogP contribution in [-0.4, -0.2) is 10.7 Å². The molecule has 2 aromatic carbocycles. The van der Waals surface area contributed by atoms with Gasteiger partial charge >= 0.3 is 22.4 Å². The summed E-state index contributed by atoms with van der Waals surface area (Å²) in [5.74, 6) is 2.99. The zero-order valence-corrected chi connectivity index (χ0v) is 37.3. The number of allylic oxidation sites excluding steroid dienone is 2. The van der Waals surface area contributed by atoms with Crippen LogP contribution >= 0.6 is 0 Å². The van der Waals surface area contributed by atoms with Crippen molar-refractivity contribution in [3.8, 4) is 0 Å². The zero-order valence-electron chi connectivity index (χ0n) is 36.3. The van der Waals surface area contributed by atoms with Crippen LogP contribution in [0, 0.1) is 13.8 Å². The third-order valence-electron chi connectivity index (χ3n) is 9.94. The monoisotopic (exact) mass is 783 g/mol. The van der Waals surface area contributed by atoms with Crippen molar-refractivity contribution >= 4 is 11.4 Å². The summed E-state index contributed by atoms with van der Waals surface area (Å²) in [6.07, 6.45) is 33.5. The molecule has 0 saturated carbocycles. The maximum Gasteiger partial charge on any atom is 2.00 e. The molecule has 0 N–H and O–H groups in total. The molecule has 0 aromatic heterocycles. The third kappa shape index (κ3) is 27.4. The van der Waals surface area contributed by atoms with E-state index in [9.17, 15) is 5.53 Å². The number of aryl methyl sites for hydroxylation is 2. The molecule has 0 spiro atoms. The fourth-order valence-electron chi connectivity index (χ4n) is 6.62. The van der Waals surface area contributed by atoms with E-state index in [1.807, 2.05) is 0 Å². The maximum atomic E-state index is 9.51. The molecule has 0 saturated heterocycles. The summed E-state index contributed by atoms with van der Waals surface area (Å²) < 4.78 is 0. The second-order valence-corrected chi connectivity index (χ2v) is 15.0. The number of nitrogens with zero attached hydrogens (tertiary/aromatic N) is 2. The molecule has 0 aliphatic carbocycles. The normalized spacial score (nSPS) is 10.8. The van der Waals surface area contributed by atoms with E-state index in [2.05, 4.69) is 115 Å². The van der Waals surface area contributed by atoms with Crippen LogP contribution in [0.15, 0.2) is 59.7 Å². The molecule has 0 aliphatic heterocycles. The molecule has 0 bridgehead atoms. The van der Waals surface area contributed by atoms with Gasteiger partial charge < -0.3 is 19.4 Å². The second-order valence-electron chi connectivity index (χ2n) is 15.0. The maximum absolute atomic E-state index is 9.51. The standard InChI is InChI=1S/C33H46N2.2C9H19.Ni/c1-5-9-13-17-28-19-15-22-30(25-28)33(29-21-14-18-27(24-29)16-10-6-2)32(23-12-8-4)31(26-35-34)20-11-7-3;2*1-3-5-7-9-8-6-4-2;/h14-15,18-19,21-22,24-25H,5-13,16-17,20,23H2,1-4H3;2*1,3-9H2,2H3;/q;2*-1;+2. The molecular formula is C51H84N2Ni. The van der Waals surface area contributed by atoms with Crippen LogP contribution in [0.4, 0.5) is 0 Å². The summed E-state index contributed by atoms with van der Waals surface area (Å²) in [5, 5.41) is 0. The minimum atomic E-state index is 0. The fourth-order valence-corrected chi connectivity index (χ4v) is 6.62. The Bertz CT molecular complexity index is 1220. The van der Waals surface area contributed by atoms with Crippen molar-refractivity contribution in [3.63, 3.8) is 0 Å². The molecule has 2 nitrogen and oxygen atoms in total. The molecule has 0 unspecified atom stereocenters. The second kappa shape index (κ2) is 40.5. The fraction of sp³-hybridized carbons (Fsp3) is 0.647. The predicted octanol–water partition coefficient (Wildman–Crippen LogP) is 16.9. The first-order valence-electron chi connectivity index (χ1n) is 22.5. The van der Waals surface area contributed by atoms with Crippen molar-refractivity contribution in [1.82, 2.24) is 0 Å². The number of hydrogen-bond acceptors (Lipinski definition) is 0. The first-order chi connectivity index (χ1) is 26.0. The molecule has 0 radical (unpaired) electrons. The predicted molar refractivity (Wildman–Crippen MR) is 239 cm³/mol. The molecule has 308 valence electrons. The van der Waals surface area contributed by atoms with Crippen LogP contribution in [0.3, 0.4) is 0 Å². The SMILES string of the molecule is CCCCCc1cccc(C(=C(CCCC)C(=C=[N+]=[N-])CCCC)c2cccc(CCCC)c2)c1.[CH2-]CCCCCCCC.[CH2-]CCCCCCCC.[Ni+2]. The molecule has 0 atom stereocenters. The Morgan fingerprint density at radius 3 is 1.37 bits per heavy atom. The smallest absolute Gasteiger partial charge is 0.348 e. The van der Waals surface area contributed by atoms with Gasteiger partial charge in [0.25, 0.3) is 0 Å². The quantitative estimate of drug-likeness (QED) is 0.0157. The van der Waals surface area contributed by atoms with Gasteiger partial charge in [-0.3, -0.25) is 0 Å². The minimum absolute atomic E-state index is 0. The molecule has 0 amide bonds. The summed E-state index contributed by atoms with van der Waals surface area (Å²) in [6, 6.07) is 18.2. The van der Waals surface area contributed by atoms with Crippen molar-refractivity contribution in [2.24, 2.45) is 0 Å². The summed E-state index contributed by atoms with van der Waals surface area (Å²) in [5.41, 5.74) is 18.5. The molecule has 2 rings (SSSR count). The van der Waals surface area contributed by atoms with E-state index in [1.165, 1.54) is 143 Å². The van der Waals surface area contributed by atoms with Gasteiger partial charge in [-0.05, 0) is 84.8 Å². The van der Waals surface area contributed by atoms with Crippen molar-refractivity contribution in [3.05, 3.63) is 101 Å². The Hall–Kier alpha value is -2.17. The van der Waals surface area contributed by atoms with Gasteiger partial charge in [0.2, 0.25) is 0 Å². The Morgan fingerprint density at radius 1 is 0.519 bits per heavy atom. The molecule has 0 heterocycles. The van der Waals surface area contributed by atoms with Crippen molar-refractivity contribution in [1.29, 1.82) is 0 Å². The average Bonchev–Trinajstić information content (AvgIpc) is 3.18. The average molecular weight is 784 g/mol. The Labute approximate surface area is 347 Å². The Balaban J connectivity index is 0. The topological polar surface area (TPSA) is 36.4 Å². The summed E-state index contributed by atoms with van der Waals surface area (Å²) in [4.78, 5) is 3.39. The molecule has 0 aliphatic rings. The summed E-state index contributed by atoms with van der Waals surface area (Å²) in [7, 11) is 0. The number of unbranched alkanes of at least 4 members (excludes halogenated alkanes) is 17. The van der Waals surface area contributed by atoms with E-state index >= 15 is 0 Å². The van der Waals surface area contributed by atoms with E-state index in [4.69, 9.17) is 0 Å². The molecule has 54 heavy (non-hydrogen) atoms. The van der Waals surface area contributed by atoms with Gasteiger partial charge in [-0.2, -0.15) is 12.8 Å². The first kappa shape index (κ1) is 53.9. The first-order valence-corrected chi connectivity index (χ1v) is 22.5. The van der Waals surface area contributed by atoms with Crippen molar-refractivity contribution in [2.45, 2.75) is 215 Å². The van der Waals surface area contributed by atoms with Crippen LogP contribution < -0.4 is 0 Å². The molecule has 2 aromatic rings. The van der Waals surface area contributed by atoms with Gasteiger partial charge in [-0.25, -0.2) is 0 Å². The van der Waals surface area contributed by atoms with Crippen LogP contribution in [0.1, 0.15) is 224 Å². The van der Waals surface area contributed by atoms with Crippen LogP contribution in [0.5, 0.6) is 0 Å². The van der Waals surface area contributed by atoms with E-state index < -0.39 is 0 Å². The van der Waals surface area contributed by atoms with E-state index in [0.29, 0.717) is 0 Å². The number of rotatable bonds is 28. The molecule has 0 fully saturated rings. The molecule has 3 heteroatoms. The van der Waals surface area contributed by atoms with E-state index in [0.717, 1.165) is 69.8 Å². The van der Waals surface area contributed by atoms with Gasteiger partial charge in [-0.15, -0.1) is 4.79 Å².